The van der Waals surface area contributed by atoms with Crippen molar-refractivity contribution in [3.63, 3.8) is 0 Å². The van der Waals surface area contributed by atoms with Gasteiger partial charge in [0.15, 0.2) is 21.6 Å². The monoisotopic (exact) mass is 554 g/mol. The van der Waals surface area contributed by atoms with Gasteiger partial charge in [-0.15, -0.1) is 0 Å². The molecule has 0 aliphatic carbocycles. The second-order valence-electron chi connectivity index (χ2n) is 7.19. The van der Waals surface area contributed by atoms with Gasteiger partial charge < -0.3 is 18.3 Å². The molecule has 0 unspecified atom stereocenters. The Balaban J connectivity index is 1.70. The summed E-state index contributed by atoms with van der Waals surface area (Å²) in [5.74, 6) is 0.686. The average Bonchev–Trinajstić information content (AvgIpc) is 3.62. The molecule has 0 bridgehead atoms. The summed E-state index contributed by atoms with van der Waals surface area (Å²) in [5.41, 5.74) is 1.07. The second-order valence-corrected chi connectivity index (χ2v) is 9.29. The zero-order chi connectivity index (χ0) is 27.1. The number of hydrogen-bond acceptors (Lipinski definition) is 12. The quantitative estimate of drug-likeness (QED) is 0.0734. The van der Waals surface area contributed by atoms with Crippen LogP contribution in [0.3, 0.4) is 0 Å². The maximum Gasteiger partial charge on any atom is 0.433 e. The van der Waals surface area contributed by atoms with Crippen molar-refractivity contribution in [1.29, 1.82) is 0 Å². The summed E-state index contributed by atoms with van der Waals surface area (Å²) in [6.07, 6.45) is 0. The van der Waals surface area contributed by atoms with Gasteiger partial charge in [-0.3, -0.25) is 20.2 Å². The minimum Gasteiger partial charge on any atom is -0.497 e. The van der Waals surface area contributed by atoms with E-state index >= 15 is 0 Å². The third-order valence-electron chi connectivity index (χ3n) is 4.77. The van der Waals surface area contributed by atoms with Crippen molar-refractivity contribution in [1.82, 2.24) is 0 Å². The van der Waals surface area contributed by atoms with Crippen LogP contribution in [-0.2, 0) is 0 Å². The van der Waals surface area contributed by atoms with Gasteiger partial charge in [-0.25, -0.2) is 9.98 Å². The van der Waals surface area contributed by atoms with E-state index in [0.717, 1.165) is 21.6 Å². The molecule has 0 aliphatic rings. The second kappa shape index (κ2) is 12.1. The summed E-state index contributed by atoms with van der Waals surface area (Å²) in [4.78, 5) is 30.2. The van der Waals surface area contributed by atoms with Crippen LogP contribution in [0.5, 0.6) is 11.5 Å². The largest absolute Gasteiger partial charge is 0.497 e. The van der Waals surface area contributed by atoms with E-state index in [1.165, 1.54) is 24.3 Å². The lowest BCUT2D eigenvalue weighted by atomic mass is 10.3. The zero-order valence-electron chi connectivity index (χ0n) is 19.8. The Morgan fingerprint density at radius 2 is 1.03 bits per heavy atom. The summed E-state index contributed by atoms with van der Waals surface area (Å²) >= 11 is 0. The molecule has 0 aliphatic heterocycles. The Kier molecular flexibility index (Phi) is 8.45. The normalized spacial score (nSPS) is 11.8. The molecule has 14 heteroatoms. The molecule has 4 rings (SSSR count). The highest BCUT2D eigenvalue weighted by atomic mass is 33.1. The van der Waals surface area contributed by atoms with E-state index < -0.39 is 21.6 Å². The van der Waals surface area contributed by atoms with Crippen LogP contribution in [0.25, 0.3) is 0 Å². The number of furan rings is 2. The molecule has 0 amide bonds. The van der Waals surface area contributed by atoms with Crippen LogP contribution in [0.15, 0.2) is 91.6 Å². The highest BCUT2D eigenvalue weighted by molar-refractivity contribution is 8.87. The Morgan fingerprint density at radius 3 is 1.32 bits per heavy atom. The van der Waals surface area contributed by atoms with Gasteiger partial charge in [-0.05, 0) is 82.3 Å². The highest BCUT2D eigenvalue weighted by Crippen LogP contribution is 2.36. The van der Waals surface area contributed by atoms with Crippen LogP contribution in [0.1, 0.15) is 11.5 Å². The van der Waals surface area contributed by atoms with Crippen molar-refractivity contribution in [2.75, 3.05) is 14.2 Å². The number of nitro groups is 2. The van der Waals surface area contributed by atoms with Gasteiger partial charge >= 0.3 is 11.8 Å². The van der Waals surface area contributed by atoms with Crippen molar-refractivity contribution in [2.24, 2.45) is 9.98 Å². The number of ether oxygens (including phenoxy) is 2. The molecule has 2 aromatic carbocycles. The summed E-state index contributed by atoms with van der Waals surface area (Å²) in [6, 6.07) is 19.1. The molecule has 0 N–H and O–H groups in total. The first-order valence-electron chi connectivity index (χ1n) is 10.7. The molecule has 0 fully saturated rings. The fraction of sp³-hybridized carbons (Fsp3) is 0.0833. The van der Waals surface area contributed by atoms with Gasteiger partial charge in [-0.1, -0.05) is 0 Å². The number of hydrogen-bond donors (Lipinski definition) is 0. The van der Waals surface area contributed by atoms with Crippen LogP contribution in [0, 0.1) is 20.2 Å². The van der Waals surface area contributed by atoms with E-state index in [9.17, 15) is 20.2 Å². The summed E-state index contributed by atoms with van der Waals surface area (Å²) in [5, 5.41) is 22.9. The number of aliphatic imine (C=N–C) groups is 2. The van der Waals surface area contributed by atoms with E-state index in [4.69, 9.17) is 18.3 Å². The first-order chi connectivity index (χ1) is 18.4. The molecule has 0 saturated carbocycles. The van der Waals surface area contributed by atoms with Crippen LogP contribution in [0.4, 0.5) is 23.1 Å². The molecule has 2 heterocycles. The summed E-state index contributed by atoms with van der Waals surface area (Å²) in [6.45, 7) is 0. The number of methoxy groups -OCH3 is 2. The van der Waals surface area contributed by atoms with E-state index in [-0.39, 0.29) is 21.6 Å². The third-order valence-corrected chi connectivity index (χ3v) is 6.95. The van der Waals surface area contributed by atoms with Crippen LogP contribution in [0.2, 0.25) is 0 Å². The molecular weight excluding hydrogens is 536 g/mol. The lowest BCUT2D eigenvalue weighted by Gasteiger charge is -2.06. The minimum atomic E-state index is -0.648. The SMILES string of the molecule is COc1ccc(N=C(SSC(=Nc2ccc(OC)cc2)c2ccc([N+](=O)[O-])o2)c2ccc([N+](=O)[O-])o2)cc1. The molecule has 0 spiro atoms. The molecular formula is C24H18N4O8S2. The maximum atomic E-state index is 11.2. The van der Waals surface area contributed by atoms with Gasteiger partial charge in [0.25, 0.3) is 0 Å². The van der Waals surface area contributed by atoms with Crippen molar-refractivity contribution in [3.8, 4) is 11.5 Å². The fourth-order valence-electron chi connectivity index (χ4n) is 2.94. The van der Waals surface area contributed by atoms with E-state index in [2.05, 4.69) is 9.98 Å². The first kappa shape index (κ1) is 26.5. The molecule has 0 saturated heterocycles. The predicted molar refractivity (Wildman–Crippen MR) is 144 cm³/mol. The van der Waals surface area contributed by atoms with Crippen molar-refractivity contribution >= 4 is 54.8 Å². The summed E-state index contributed by atoms with van der Waals surface area (Å²) in [7, 11) is 5.26. The van der Waals surface area contributed by atoms with Crippen LogP contribution >= 0.6 is 21.6 Å². The predicted octanol–water partition coefficient (Wildman–Crippen LogP) is 6.94. The van der Waals surface area contributed by atoms with Crippen molar-refractivity contribution < 1.29 is 28.2 Å². The highest BCUT2D eigenvalue weighted by Gasteiger charge is 2.21. The van der Waals surface area contributed by atoms with Gasteiger partial charge in [0.1, 0.15) is 21.3 Å². The zero-order valence-corrected chi connectivity index (χ0v) is 21.4. The smallest absolute Gasteiger partial charge is 0.433 e. The fourth-order valence-corrected chi connectivity index (χ4v) is 4.95. The lowest BCUT2D eigenvalue weighted by Crippen LogP contribution is -1.96. The standard InChI is InChI=1S/C24H18N4O8S2/c1-33-17-7-3-15(4-8-17)25-23(19-11-13-21(35-19)27(29)30)37-38-24(20-12-14-22(36-20)28(31)32)26-16-5-9-18(34-2)10-6-16/h3-14H,1-2H3. The molecule has 2 aromatic heterocycles. The third kappa shape index (κ3) is 6.60. The Labute approximate surface area is 223 Å². The molecule has 12 nitrogen and oxygen atoms in total. The topological polar surface area (TPSA) is 156 Å². The van der Waals surface area contributed by atoms with Gasteiger partial charge in [-0.2, -0.15) is 0 Å². The van der Waals surface area contributed by atoms with Crippen molar-refractivity contribution in [2.45, 2.75) is 0 Å². The number of rotatable bonds is 8. The van der Waals surface area contributed by atoms with E-state index in [1.54, 1.807) is 62.8 Å². The molecule has 194 valence electrons. The number of benzene rings is 2. The Morgan fingerprint density at radius 1 is 0.658 bits per heavy atom. The number of nitrogens with zero attached hydrogens (tertiary/aromatic N) is 4. The van der Waals surface area contributed by atoms with E-state index in [1.807, 2.05) is 0 Å². The first-order valence-corrected chi connectivity index (χ1v) is 12.8. The van der Waals surface area contributed by atoms with Gasteiger partial charge in [0, 0.05) is 0 Å². The molecule has 4 aromatic rings. The lowest BCUT2D eigenvalue weighted by molar-refractivity contribution is -0.402. The summed E-state index contributed by atoms with van der Waals surface area (Å²) < 4.78 is 21.1. The average molecular weight is 555 g/mol. The van der Waals surface area contributed by atoms with E-state index in [0.29, 0.717) is 22.9 Å². The molecule has 38 heavy (non-hydrogen) atoms. The Bertz CT molecular complexity index is 1380. The van der Waals surface area contributed by atoms with Gasteiger partial charge in [0.05, 0.1) is 37.7 Å². The van der Waals surface area contributed by atoms with Crippen LogP contribution in [-0.4, -0.2) is 34.2 Å². The molecule has 0 radical (unpaired) electrons. The molecule has 0 atom stereocenters. The van der Waals surface area contributed by atoms with Gasteiger partial charge in [0.2, 0.25) is 0 Å². The van der Waals surface area contributed by atoms with Crippen LogP contribution < -0.4 is 9.47 Å². The maximum absolute atomic E-state index is 11.2. The minimum absolute atomic E-state index is 0.152. The van der Waals surface area contributed by atoms with Crippen molar-refractivity contribution in [3.05, 3.63) is 105 Å². The Hall–Kier alpha value is -4.56.